The molecule has 0 atom stereocenters. The Morgan fingerprint density at radius 1 is 0.262 bits per heavy atom. The molecule has 2 aromatic heterocycles. The highest BCUT2D eigenvalue weighted by Crippen LogP contribution is 2.48. The van der Waals surface area contributed by atoms with Crippen LogP contribution in [0.3, 0.4) is 0 Å². The van der Waals surface area contributed by atoms with E-state index in [2.05, 4.69) is 301 Å². The SMILES string of the molecule is CC(C)(C)c1ccc(N2c3ccc(C(C)(C)C)cc3B3c4c2cccc4-n2c4cc5c(cc4c4cc(C(C)(C)C)cc3c42)c2cc(C(C)(C)C)cc3c2n5-c2cccc4c2B3c2cc(C(C)(C)C)ccc2N4c2ccc(C(C)(C)C)cc2)cc1. The molecule has 0 saturated carbocycles. The van der Waals surface area contributed by atoms with Crippen molar-refractivity contribution in [2.24, 2.45) is 0 Å². The van der Waals surface area contributed by atoms with E-state index in [9.17, 15) is 0 Å². The first-order valence-electron chi connectivity index (χ1n) is 31.0. The van der Waals surface area contributed by atoms with Crippen molar-refractivity contribution in [3.05, 3.63) is 191 Å². The number of nitrogens with zero attached hydrogens (tertiary/aromatic N) is 4. The highest BCUT2D eigenvalue weighted by atomic mass is 15.2. The summed E-state index contributed by atoms with van der Waals surface area (Å²) in [6.07, 6.45) is 0. The molecule has 0 bridgehead atoms. The number of hydrogen-bond donors (Lipinski definition) is 0. The Hall–Kier alpha value is -7.69. The summed E-state index contributed by atoms with van der Waals surface area (Å²) >= 11 is 0. The van der Waals surface area contributed by atoms with E-state index < -0.39 is 0 Å². The van der Waals surface area contributed by atoms with Crippen LogP contribution in [0.15, 0.2) is 158 Å². The van der Waals surface area contributed by atoms with Gasteiger partial charge in [-0.3, -0.25) is 0 Å². The second kappa shape index (κ2) is 17.0. The van der Waals surface area contributed by atoms with E-state index in [1.165, 1.54) is 155 Å². The number of hydrogen-bond acceptors (Lipinski definition) is 2. The maximum atomic E-state index is 2.69. The van der Waals surface area contributed by atoms with Crippen LogP contribution in [0.4, 0.5) is 34.1 Å². The van der Waals surface area contributed by atoms with Crippen LogP contribution >= 0.6 is 0 Å². The Morgan fingerprint density at radius 2 is 0.583 bits per heavy atom. The Morgan fingerprint density at radius 3 is 0.929 bits per heavy atom. The number of benzene rings is 9. The summed E-state index contributed by atoms with van der Waals surface area (Å²) in [5.41, 5.74) is 31.2. The minimum atomic E-state index is -0.103. The zero-order chi connectivity index (χ0) is 59.0. The molecule has 15 rings (SSSR count). The van der Waals surface area contributed by atoms with Crippen LogP contribution < -0.4 is 42.6 Å². The van der Waals surface area contributed by atoms with E-state index in [1.54, 1.807) is 0 Å². The minimum Gasteiger partial charge on any atom is -0.311 e. The number of fused-ring (bicyclic) bond motifs is 14. The molecule has 4 aliphatic rings. The summed E-state index contributed by atoms with van der Waals surface area (Å²) in [7, 11) is 0. The molecule has 418 valence electrons. The lowest BCUT2D eigenvalue weighted by molar-refractivity contribution is 0.590. The second-order valence-corrected chi connectivity index (χ2v) is 31.6. The second-order valence-electron chi connectivity index (χ2n) is 31.6. The lowest BCUT2D eigenvalue weighted by Crippen LogP contribution is -2.60. The van der Waals surface area contributed by atoms with Crippen LogP contribution in [0, 0.1) is 0 Å². The van der Waals surface area contributed by atoms with Gasteiger partial charge in [0.2, 0.25) is 0 Å². The fourth-order valence-corrected chi connectivity index (χ4v) is 15.0. The van der Waals surface area contributed by atoms with Crippen molar-refractivity contribution in [2.75, 3.05) is 9.80 Å². The van der Waals surface area contributed by atoms with Gasteiger partial charge in [0.25, 0.3) is 13.4 Å². The molecule has 6 heterocycles. The molecular formula is C78H80B2N4. The molecule has 0 amide bonds. The fraction of sp³-hybridized carbons (Fsp3) is 0.308. The molecule has 84 heavy (non-hydrogen) atoms. The zero-order valence-electron chi connectivity index (χ0n) is 53.0. The molecule has 6 heteroatoms. The quantitative estimate of drug-likeness (QED) is 0.160. The third kappa shape index (κ3) is 7.53. The monoisotopic (exact) mass is 1090 g/mol. The molecule has 0 saturated heterocycles. The summed E-state index contributed by atoms with van der Waals surface area (Å²) < 4.78 is 5.37. The Labute approximate surface area is 499 Å². The van der Waals surface area contributed by atoms with Gasteiger partial charge in [-0.15, -0.1) is 0 Å². The van der Waals surface area contributed by atoms with Gasteiger partial charge < -0.3 is 18.9 Å². The molecule has 0 spiro atoms. The summed E-state index contributed by atoms with van der Waals surface area (Å²) in [5, 5.41) is 5.27. The van der Waals surface area contributed by atoms with Crippen LogP contribution in [0.25, 0.3) is 55.0 Å². The van der Waals surface area contributed by atoms with Gasteiger partial charge >= 0.3 is 0 Å². The van der Waals surface area contributed by atoms with Gasteiger partial charge in [0.05, 0.1) is 11.0 Å². The predicted octanol–water partition coefficient (Wildman–Crippen LogP) is 16.9. The van der Waals surface area contributed by atoms with Crippen LogP contribution in [-0.4, -0.2) is 22.6 Å². The van der Waals surface area contributed by atoms with E-state index in [0.717, 1.165) is 0 Å². The molecule has 4 nitrogen and oxygen atoms in total. The first-order chi connectivity index (χ1) is 39.5. The van der Waals surface area contributed by atoms with Crippen LogP contribution in [0.2, 0.25) is 0 Å². The summed E-state index contributed by atoms with van der Waals surface area (Å²) in [5.74, 6) is 0. The van der Waals surface area contributed by atoms with E-state index in [1.807, 2.05) is 0 Å². The fourth-order valence-electron chi connectivity index (χ4n) is 15.0. The normalized spacial score (nSPS) is 14.7. The first kappa shape index (κ1) is 53.1. The third-order valence-electron chi connectivity index (χ3n) is 19.8. The van der Waals surface area contributed by atoms with E-state index in [-0.39, 0.29) is 45.9 Å². The molecule has 0 unspecified atom stereocenters. The highest BCUT2D eigenvalue weighted by Gasteiger charge is 2.46. The molecule has 0 N–H and O–H groups in total. The number of rotatable bonds is 2. The molecule has 4 aliphatic heterocycles. The standard InChI is InChI=1S/C78H80B2N4/c1-73(2,3)45-25-31-51(32-26-45)81-61-35-29-47(75(7,8)9)39-57(61)79-59-41-49(77(13,14)15)37-55-53-43-54-56-38-50(78(16,17)18)42-60-72(56)84(68(54)44-67(53)83(71(55)59)65-23-19-21-63(81)69(65)79)66-24-20-22-64-70(66)80(60)58-40-48(76(10,11)12)30-36-62(58)82(64)52-33-27-46(28-34-52)74(4,5)6/h19-44H,1-18H3. The molecule has 0 aliphatic carbocycles. The van der Waals surface area contributed by atoms with Gasteiger partial charge in [0.15, 0.2) is 0 Å². The van der Waals surface area contributed by atoms with Gasteiger partial charge in [0.1, 0.15) is 0 Å². The molecule has 0 radical (unpaired) electrons. The Balaban J connectivity index is 1.06. The zero-order valence-corrected chi connectivity index (χ0v) is 53.0. The topological polar surface area (TPSA) is 16.3 Å². The van der Waals surface area contributed by atoms with Gasteiger partial charge in [-0.05, 0) is 184 Å². The van der Waals surface area contributed by atoms with Crippen molar-refractivity contribution in [1.29, 1.82) is 0 Å². The van der Waals surface area contributed by atoms with Crippen molar-refractivity contribution in [3.8, 4) is 11.4 Å². The minimum absolute atomic E-state index is 0.0221. The number of anilines is 6. The lowest BCUT2D eigenvalue weighted by Gasteiger charge is -2.41. The van der Waals surface area contributed by atoms with Crippen molar-refractivity contribution in [3.63, 3.8) is 0 Å². The van der Waals surface area contributed by atoms with Crippen LogP contribution in [0.5, 0.6) is 0 Å². The van der Waals surface area contributed by atoms with Crippen molar-refractivity contribution in [1.82, 2.24) is 9.13 Å². The maximum Gasteiger partial charge on any atom is 0.252 e. The Bertz CT molecular complexity index is 4360. The molecule has 9 aromatic carbocycles. The van der Waals surface area contributed by atoms with Gasteiger partial charge in [-0.25, -0.2) is 0 Å². The predicted molar refractivity (Wildman–Crippen MR) is 366 cm³/mol. The van der Waals surface area contributed by atoms with Crippen molar-refractivity contribution in [2.45, 2.75) is 157 Å². The molecule has 11 aromatic rings. The summed E-state index contributed by atoms with van der Waals surface area (Å²) in [4.78, 5) is 5.14. The van der Waals surface area contributed by atoms with Gasteiger partial charge in [-0.1, -0.05) is 197 Å². The lowest BCUT2D eigenvalue weighted by atomic mass is 9.33. The van der Waals surface area contributed by atoms with Crippen LogP contribution in [0.1, 0.15) is 158 Å². The third-order valence-corrected chi connectivity index (χ3v) is 19.8. The summed E-state index contributed by atoms with van der Waals surface area (Å²) in [6, 6.07) is 63.4. The van der Waals surface area contributed by atoms with Crippen molar-refractivity contribution < 1.29 is 0 Å². The molecular weight excluding hydrogens is 1010 g/mol. The first-order valence-corrected chi connectivity index (χ1v) is 31.0. The van der Waals surface area contributed by atoms with E-state index >= 15 is 0 Å². The van der Waals surface area contributed by atoms with E-state index in [4.69, 9.17) is 0 Å². The average Bonchev–Trinajstić information content (AvgIpc) is 1.39. The summed E-state index contributed by atoms with van der Waals surface area (Å²) in [6.45, 7) is 42.4. The van der Waals surface area contributed by atoms with Crippen molar-refractivity contribution >= 4 is 124 Å². The smallest absolute Gasteiger partial charge is 0.252 e. The molecule has 0 fully saturated rings. The number of aromatic nitrogens is 2. The van der Waals surface area contributed by atoms with Gasteiger partial charge in [0, 0.05) is 78.1 Å². The highest BCUT2D eigenvalue weighted by molar-refractivity contribution is 7.01. The Kier molecular flexibility index (Phi) is 10.8. The van der Waals surface area contributed by atoms with Crippen LogP contribution in [-0.2, 0) is 32.5 Å². The van der Waals surface area contributed by atoms with Gasteiger partial charge in [-0.2, -0.15) is 0 Å². The maximum absolute atomic E-state index is 2.69. The largest absolute Gasteiger partial charge is 0.311 e. The van der Waals surface area contributed by atoms with E-state index in [0.29, 0.717) is 0 Å². The average molecular weight is 1100 g/mol.